The zero-order chi connectivity index (χ0) is 10.6. The number of rotatable bonds is 3. The predicted octanol–water partition coefficient (Wildman–Crippen LogP) is 3.25. The van der Waals surface area contributed by atoms with Gasteiger partial charge in [-0.1, -0.05) is 36.5 Å². The molecule has 0 amide bonds. The molecule has 0 heterocycles. The number of carbonyl (C=O) groups is 1. The van der Waals surface area contributed by atoms with E-state index >= 15 is 0 Å². The van der Waals surface area contributed by atoms with Gasteiger partial charge >= 0.3 is 0 Å². The highest BCUT2D eigenvalue weighted by molar-refractivity contribution is 8.13. The Morgan fingerprint density at radius 3 is 2.50 bits per heavy atom. The molecule has 0 aromatic heterocycles. The first-order valence-corrected chi connectivity index (χ1v) is 5.48. The predicted molar refractivity (Wildman–Crippen MR) is 62.4 cm³/mol. The van der Waals surface area contributed by atoms with Crippen LogP contribution in [0, 0.1) is 13.8 Å². The minimum Gasteiger partial charge on any atom is -0.282 e. The van der Waals surface area contributed by atoms with E-state index in [1.54, 1.807) is 0 Å². The van der Waals surface area contributed by atoms with Crippen LogP contribution in [0.5, 0.6) is 0 Å². The van der Waals surface area contributed by atoms with E-state index in [1.807, 2.05) is 6.07 Å². The van der Waals surface area contributed by atoms with E-state index in [2.05, 4.69) is 32.6 Å². The van der Waals surface area contributed by atoms with E-state index < -0.39 is 0 Å². The third-order valence-corrected chi connectivity index (χ3v) is 3.05. The average Bonchev–Trinajstić information content (AvgIpc) is 2.16. The van der Waals surface area contributed by atoms with E-state index in [0.717, 1.165) is 5.75 Å². The van der Waals surface area contributed by atoms with Crippen molar-refractivity contribution in [1.82, 2.24) is 0 Å². The molecule has 0 unspecified atom stereocenters. The van der Waals surface area contributed by atoms with Gasteiger partial charge in [0.15, 0.2) is 0 Å². The van der Waals surface area contributed by atoms with Gasteiger partial charge in [0.2, 0.25) is 5.12 Å². The van der Waals surface area contributed by atoms with Crippen LogP contribution >= 0.6 is 11.8 Å². The van der Waals surface area contributed by atoms with Crippen LogP contribution in [0.2, 0.25) is 0 Å². The maximum atomic E-state index is 11.1. The van der Waals surface area contributed by atoms with Gasteiger partial charge in [0.05, 0.1) is 0 Å². The van der Waals surface area contributed by atoms with Crippen LogP contribution in [-0.2, 0) is 10.5 Å². The van der Waals surface area contributed by atoms with Crippen LogP contribution < -0.4 is 0 Å². The minimum atomic E-state index is 0.0349. The third-order valence-electron chi connectivity index (χ3n) is 2.17. The van der Waals surface area contributed by atoms with E-state index in [9.17, 15) is 4.79 Å². The van der Waals surface area contributed by atoms with E-state index in [1.165, 1.54) is 34.5 Å². The summed E-state index contributed by atoms with van der Waals surface area (Å²) in [5, 5.41) is 0.0349. The summed E-state index contributed by atoms with van der Waals surface area (Å²) in [6.45, 7) is 7.59. The molecule has 0 aliphatic rings. The van der Waals surface area contributed by atoms with Gasteiger partial charge in [0, 0.05) is 5.75 Å². The Morgan fingerprint density at radius 2 is 2.00 bits per heavy atom. The van der Waals surface area contributed by atoms with E-state index in [4.69, 9.17) is 0 Å². The summed E-state index contributed by atoms with van der Waals surface area (Å²) in [5.41, 5.74) is 3.75. The average molecular weight is 206 g/mol. The summed E-state index contributed by atoms with van der Waals surface area (Å²) in [6.07, 6.45) is 1.36. The highest BCUT2D eigenvalue weighted by Gasteiger charge is 2.04. The fourth-order valence-electron chi connectivity index (χ4n) is 1.28. The molecule has 0 aliphatic heterocycles. The van der Waals surface area contributed by atoms with Crippen LogP contribution in [0.25, 0.3) is 0 Å². The molecule has 0 spiro atoms. The molecule has 74 valence electrons. The number of carbonyl (C=O) groups excluding carboxylic acids is 1. The number of aryl methyl sites for hydroxylation is 2. The van der Waals surface area contributed by atoms with Gasteiger partial charge in [0.25, 0.3) is 0 Å². The highest BCUT2D eigenvalue weighted by atomic mass is 32.2. The van der Waals surface area contributed by atoms with Crippen molar-refractivity contribution in [1.29, 1.82) is 0 Å². The molecule has 0 N–H and O–H groups in total. The van der Waals surface area contributed by atoms with Crippen LogP contribution in [0.4, 0.5) is 0 Å². The molecular weight excluding hydrogens is 192 g/mol. The first-order valence-electron chi connectivity index (χ1n) is 4.49. The van der Waals surface area contributed by atoms with Gasteiger partial charge in [-0.15, -0.1) is 0 Å². The standard InChI is InChI=1S/C12H14OS/c1-4-12(13)14-8-11-9(2)6-5-7-10(11)3/h4-7H,1,8H2,2-3H3. The van der Waals surface area contributed by atoms with Crippen molar-refractivity contribution < 1.29 is 4.79 Å². The van der Waals surface area contributed by atoms with Gasteiger partial charge < -0.3 is 0 Å². The quantitative estimate of drug-likeness (QED) is 0.706. The summed E-state index contributed by atoms with van der Waals surface area (Å²) in [7, 11) is 0. The van der Waals surface area contributed by atoms with Gasteiger partial charge in [0.1, 0.15) is 0 Å². The zero-order valence-electron chi connectivity index (χ0n) is 8.54. The molecule has 1 rings (SSSR count). The maximum Gasteiger partial charge on any atom is 0.211 e. The Morgan fingerprint density at radius 1 is 1.43 bits per heavy atom. The van der Waals surface area contributed by atoms with Crippen LogP contribution in [0.3, 0.4) is 0 Å². The molecule has 14 heavy (non-hydrogen) atoms. The lowest BCUT2D eigenvalue weighted by atomic mass is 10.1. The lowest BCUT2D eigenvalue weighted by molar-refractivity contribution is -0.107. The SMILES string of the molecule is C=CC(=O)SCc1c(C)cccc1C. The van der Waals surface area contributed by atoms with Crippen molar-refractivity contribution in [2.24, 2.45) is 0 Å². The Hall–Kier alpha value is -1.02. The fraction of sp³-hybridized carbons (Fsp3) is 0.250. The maximum absolute atomic E-state index is 11.1. The molecule has 0 saturated carbocycles. The molecule has 1 aromatic rings. The topological polar surface area (TPSA) is 17.1 Å². The van der Waals surface area contributed by atoms with Gasteiger partial charge in [-0.25, -0.2) is 0 Å². The number of thioether (sulfide) groups is 1. The third kappa shape index (κ3) is 2.74. The first-order chi connectivity index (χ1) is 6.65. The van der Waals surface area contributed by atoms with Crippen molar-refractivity contribution in [3.05, 3.63) is 47.5 Å². The van der Waals surface area contributed by atoms with Crippen LogP contribution in [-0.4, -0.2) is 5.12 Å². The Bertz CT molecular complexity index is 335. The Balaban J connectivity index is 2.76. The van der Waals surface area contributed by atoms with Crippen molar-refractivity contribution >= 4 is 16.9 Å². The monoisotopic (exact) mass is 206 g/mol. The van der Waals surface area contributed by atoms with Crippen LogP contribution in [0.15, 0.2) is 30.9 Å². The molecule has 0 fully saturated rings. The summed E-state index contributed by atoms with van der Waals surface area (Å²) in [6, 6.07) is 6.18. The normalized spacial score (nSPS) is 9.86. The van der Waals surface area contributed by atoms with Crippen LogP contribution in [0.1, 0.15) is 16.7 Å². The first kappa shape index (κ1) is 11.1. The van der Waals surface area contributed by atoms with Crippen molar-refractivity contribution in [3.8, 4) is 0 Å². The Kier molecular flexibility index (Phi) is 3.96. The van der Waals surface area contributed by atoms with E-state index in [0.29, 0.717) is 0 Å². The van der Waals surface area contributed by atoms with Gasteiger partial charge in [-0.2, -0.15) is 0 Å². The van der Waals surface area contributed by atoms with Gasteiger partial charge in [-0.3, -0.25) is 4.79 Å². The molecule has 2 heteroatoms. The summed E-state index contributed by atoms with van der Waals surface area (Å²) in [4.78, 5) is 11.1. The lowest BCUT2D eigenvalue weighted by Gasteiger charge is -2.07. The molecule has 0 aliphatic carbocycles. The molecule has 0 atom stereocenters. The molecular formula is C12H14OS. The molecule has 1 aromatic carbocycles. The second-order valence-corrected chi connectivity index (χ2v) is 4.16. The lowest BCUT2D eigenvalue weighted by Crippen LogP contribution is -1.93. The largest absolute Gasteiger partial charge is 0.282 e. The molecule has 0 radical (unpaired) electrons. The summed E-state index contributed by atoms with van der Waals surface area (Å²) in [5.74, 6) is 0.739. The van der Waals surface area contributed by atoms with Crippen molar-refractivity contribution in [2.45, 2.75) is 19.6 Å². The smallest absolute Gasteiger partial charge is 0.211 e. The highest BCUT2D eigenvalue weighted by Crippen LogP contribution is 2.20. The second-order valence-electron chi connectivity index (χ2n) is 3.18. The summed E-state index contributed by atoms with van der Waals surface area (Å²) >= 11 is 1.30. The molecule has 1 nitrogen and oxygen atoms in total. The molecule has 0 bridgehead atoms. The van der Waals surface area contributed by atoms with Gasteiger partial charge in [-0.05, 0) is 36.6 Å². The van der Waals surface area contributed by atoms with Crippen molar-refractivity contribution in [2.75, 3.05) is 0 Å². The van der Waals surface area contributed by atoms with E-state index in [-0.39, 0.29) is 5.12 Å². The summed E-state index contributed by atoms with van der Waals surface area (Å²) < 4.78 is 0. The minimum absolute atomic E-state index is 0.0349. The zero-order valence-corrected chi connectivity index (χ0v) is 9.36. The number of benzene rings is 1. The second kappa shape index (κ2) is 5.01. The number of hydrogen-bond acceptors (Lipinski definition) is 2. The number of hydrogen-bond donors (Lipinski definition) is 0. The Labute approximate surface area is 89.2 Å². The fourth-order valence-corrected chi connectivity index (χ4v) is 2.14. The molecule has 0 saturated heterocycles. The van der Waals surface area contributed by atoms with Crippen molar-refractivity contribution in [3.63, 3.8) is 0 Å².